The molecule has 3 rings (SSSR count). The summed E-state index contributed by atoms with van der Waals surface area (Å²) in [7, 11) is -2.18. The van der Waals surface area contributed by atoms with E-state index in [1.807, 2.05) is 0 Å². The first-order valence-corrected chi connectivity index (χ1v) is 14.9. The number of H-pyrrole nitrogens is 1. The van der Waals surface area contributed by atoms with Gasteiger partial charge in [-0.3, -0.25) is 24.5 Å². The maximum Gasteiger partial charge on any atom is 0.280 e. The smallest absolute Gasteiger partial charge is 0.280 e. The second-order valence-electron chi connectivity index (χ2n) is 11.0. The van der Waals surface area contributed by atoms with Gasteiger partial charge in [-0.25, -0.2) is 4.98 Å². The molecule has 0 aliphatic carbocycles. The summed E-state index contributed by atoms with van der Waals surface area (Å²) < 4.78 is 14.9. The van der Waals surface area contributed by atoms with E-state index < -0.39 is 25.7 Å². The van der Waals surface area contributed by atoms with Crippen molar-refractivity contribution in [2.24, 2.45) is 5.92 Å². The van der Waals surface area contributed by atoms with E-state index in [2.05, 4.69) is 67.1 Å². The van der Waals surface area contributed by atoms with Gasteiger partial charge in [-0.1, -0.05) is 55.4 Å². The summed E-state index contributed by atoms with van der Waals surface area (Å²) in [5, 5.41) is 16.4. The minimum atomic E-state index is -2.18. The van der Waals surface area contributed by atoms with Crippen LogP contribution >= 0.6 is 0 Å². The van der Waals surface area contributed by atoms with Gasteiger partial charge in [0.15, 0.2) is 19.5 Å². The van der Waals surface area contributed by atoms with E-state index in [9.17, 15) is 14.7 Å². The second-order valence-corrected chi connectivity index (χ2v) is 16.5. The molecule has 2 atom stereocenters. The molecule has 0 spiro atoms. The van der Waals surface area contributed by atoms with Crippen LogP contribution in [0.4, 0.5) is 5.95 Å². The quantitative estimate of drug-likeness (QED) is 0.349. The van der Waals surface area contributed by atoms with E-state index in [1.165, 1.54) is 6.33 Å². The average Bonchev–Trinajstić information content (AvgIpc) is 3.23. The molecule has 1 aliphatic heterocycles. The van der Waals surface area contributed by atoms with Gasteiger partial charge in [0.2, 0.25) is 11.9 Å². The number of fused-ring (bicyclic) bond motifs is 1. The molecule has 36 heavy (non-hydrogen) atoms. The first-order valence-electron chi connectivity index (χ1n) is 12.8. The molecule has 0 unspecified atom stereocenters. The van der Waals surface area contributed by atoms with Gasteiger partial charge in [0.1, 0.15) is 11.8 Å². The van der Waals surface area contributed by atoms with Gasteiger partial charge in [0, 0.05) is 19.0 Å². The molecule has 1 aliphatic rings. The molecular formula is C24H42N6O5Si. The van der Waals surface area contributed by atoms with Crippen LogP contribution in [-0.2, 0) is 14.0 Å². The molecule has 1 saturated heterocycles. The summed E-state index contributed by atoms with van der Waals surface area (Å²) in [6.07, 6.45) is 0.910. The molecule has 2 aromatic rings. The predicted octanol–water partition coefficient (Wildman–Crippen LogP) is 2.76. The minimum absolute atomic E-state index is 0.0510. The van der Waals surface area contributed by atoms with Gasteiger partial charge >= 0.3 is 0 Å². The second kappa shape index (κ2) is 11.1. The lowest BCUT2D eigenvalue weighted by Crippen LogP contribution is -2.60. The van der Waals surface area contributed by atoms with E-state index in [0.29, 0.717) is 29.7 Å². The monoisotopic (exact) mass is 522 g/mol. The summed E-state index contributed by atoms with van der Waals surface area (Å²) in [5.74, 6) is -0.482. The molecule has 2 aromatic heterocycles. The molecule has 4 N–H and O–H groups in total. The number of nitrogens with one attached hydrogen (secondary N) is 3. The average molecular weight is 523 g/mol. The summed E-state index contributed by atoms with van der Waals surface area (Å²) >= 11 is 0. The number of aromatic amines is 1. The Bertz CT molecular complexity index is 1090. The predicted molar refractivity (Wildman–Crippen MR) is 141 cm³/mol. The number of hydrogen-bond acceptors (Lipinski definition) is 8. The molecule has 11 nitrogen and oxygen atoms in total. The van der Waals surface area contributed by atoms with Gasteiger partial charge in [-0.2, -0.15) is 4.98 Å². The van der Waals surface area contributed by atoms with E-state index in [1.54, 1.807) is 18.4 Å². The largest absolute Gasteiger partial charge is 0.413 e. The zero-order chi connectivity index (χ0) is 26.8. The van der Waals surface area contributed by atoms with Crippen molar-refractivity contribution in [1.82, 2.24) is 24.8 Å². The number of imidazole rings is 1. The number of morpholine rings is 1. The first kappa shape index (κ1) is 28.4. The highest BCUT2D eigenvalue weighted by molar-refractivity contribution is 6.77. The lowest BCUT2D eigenvalue weighted by molar-refractivity contribution is -0.180. The molecular weight excluding hydrogens is 480 g/mol. The molecule has 202 valence electrons. The fraction of sp³-hybridized carbons (Fsp3) is 0.750. The standard InChI is InChI=1S/C24H42N6O5Si/c1-14(2)21(32)28-23-27-20-19(22(33)29-23)26-13-30(20)18-9-25-10-24(11-31,35-18)12-34-36(15(3)4,16(5)6)17(7)8/h13-18,25,31H,9-12H2,1-8H3,(H2,27,28,29,32,33)/t18-,24+/m1/s1. The Morgan fingerprint density at radius 1 is 1.25 bits per heavy atom. The van der Waals surface area contributed by atoms with Gasteiger partial charge in [0.25, 0.3) is 5.56 Å². The van der Waals surface area contributed by atoms with Crippen LogP contribution in [0.15, 0.2) is 11.1 Å². The highest BCUT2D eigenvalue weighted by Gasteiger charge is 2.48. The Hall–Kier alpha value is -2.12. The van der Waals surface area contributed by atoms with Crippen LogP contribution in [0.5, 0.6) is 0 Å². The molecule has 0 aromatic carbocycles. The van der Waals surface area contributed by atoms with E-state index in [0.717, 1.165) is 0 Å². The number of carbonyl (C=O) groups excluding carboxylic acids is 1. The maximum atomic E-state index is 12.6. The van der Waals surface area contributed by atoms with Crippen molar-refractivity contribution in [2.75, 3.05) is 31.6 Å². The maximum absolute atomic E-state index is 12.6. The number of amides is 1. The number of aliphatic hydroxyl groups is 1. The number of anilines is 1. The number of carbonyl (C=O) groups is 1. The lowest BCUT2D eigenvalue weighted by Gasteiger charge is -2.47. The van der Waals surface area contributed by atoms with Crippen LogP contribution in [0.1, 0.15) is 61.6 Å². The normalized spacial score (nSPS) is 21.3. The molecule has 0 saturated carbocycles. The van der Waals surface area contributed by atoms with Crippen molar-refractivity contribution in [3.05, 3.63) is 16.7 Å². The number of hydrogen-bond donors (Lipinski definition) is 4. The van der Waals surface area contributed by atoms with E-state index in [4.69, 9.17) is 9.16 Å². The highest BCUT2D eigenvalue weighted by Crippen LogP contribution is 2.43. The Morgan fingerprint density at radius 3 is 2.44 bits per heavy atom. The van der Waals surface area contributed by atoms with Crippen molar-refractivity contribution < 1.29 is 19.1 Å². The molecule has 0 radical (unpaired) electrons. The summed E-state index contributed by atoms with van der Waals surface area (Å²) in [6.45, 7) is 17.7. The van der Waals surface area contributed by atoms with Crippen LogP contribution < -0.4 is 16.2 Å². The highest BCUT2D eigenvalue weighted by atomic mass is 28.4. The van der Waals surface area contributed by atoms with Crippen LogP contribution in [0.2, 0.25) is 16.6 Å². The molecule has 1 fully saturated rings. The van der Waals surface area contributed by atoms with E-state index in [-0.39, 0.29) is 42.2 Å². The third-order valence-corrected chi connectivity index (χ3v) is 13.3. The Kier molecular flexibility index (Phi) is 8.77. The van der Waals surface area contributed by atoms with Gasteiger partial charge in [-0.15, -0.1) is 0 Å². The van der Waals surface area contributed by atoms with Gasteiger partial charge in [0.05, 0.1) is 19.5 Å². The molecule has 12 heteroatoms. The zero-order valence-corrected chi connectivity index (χ0v) is 23.7. The van der Waals surface area contributed by atoms with Crippen LogP contribution in [0.25, 0.3) is 11.2 Å². The number of aliphatic hydroxyl groups excluding tert-OH is 1. The van der Waals surface area contributed by atoms with Crippen molar-refractivity contribution in [1.29, 1.82) is 0 Å². The van der Waals surface area contributed by atoms with Crippen molar-refractivity contribution in [3.63, 3.8) is 0 Å². The molecule has 3 heterocycles. The third kappa shape index (κ3) is 5.42. The van der Waals surface area contributed by atoms with Crippen LogP contribution in [-0.4, -0.2) is 70.8 Å². The topological polar surface area (TPSA) is 143 Å². The third-order valence-electron chi connectivity index (χ3n) is 7.24. The fourth-order valence-corrected chi connectivity index (χ4v) is 10.9. The number of ether oxygens (including phenoxy) is 1. The SMILES string of the molecule is CC(C)C(=O)Nc1nc2c(ncn2[C@H]2CNC[C@](CO)(CO[Si](C(C)C)(C(C)C)C(C)C)O2)c(=O)[nH]1. The fourth-order valence-electron chi connectivity index (χ4n) is 5.39. The number of nitrogens with zero attached hydrogens (tertiary/aromatic N) is 3. The Labute approximate surface area is 213 Å². The van der Waals surface area contributed by atoms with Crippen molar-refractivity contribution in [3.8, 4) is 0 Å². The van der Waals surface area contributed by atoms with Crippen molar-refractivity contribution >= 4 is 31.3 Å². The van der Waals surface area contributed by atoms with Gasteiger partial charge in [-0.05, 0) is 16.6 Å². The Balaban J connectivity index is 1.91. The summed E-state index contributed by atoms with van der Waals surface area (Å²) in [6, 6.07) is 0. The molecule has 0 bridgehead atoms. The number of rotatable bonds is 10. The summed E-state index contributed by atoms with van der Waals surface area (Å²) in [5.41, 5.74) is 0.195. The summed E-state index contributed by atoms with van der Waals surface area (Å²) in [4.78, 5) is 36.0. The molecule has 1 amide bonds. The Morgan fingerprint density at radius 2 is 1.89 bits per heavy atom. The van der Waals surface area contributed by atoms with E-state index >= 15 is 0 Å². The van der Waals surface area contributed by atoms with Crippen molar-refractivity contribution in [2.45, 2.75) is 83.8 Å². The lowest BCUT2D eigenvalue weighted by atomic mass is 10.1. The van der Waals surface area contributed by atoms with Crippen LogP contribution in [0.3, 0.4) is 0 Å². The minimum Gasteiger partial charge on any atom is -0.413 e. The zero-order valence-electron chi connectivity index (χ0n) is 22.7. The number of aromatic nitrogens is 4. The van der Waals surface area contributed by atoms with Gasteiger partial charge < -0.3 is 19.6 Å². The first-order chi connectivity index (χ1) is 16.9. The van der Waals surface area contributed by atoms with Crippen LogP contribution in [0, 0.1) is 5.92 Å².